The van der Waals surface area contributed by atoms with Gasteiger partial charge in [0.1, 0.15) is 11.9 Å². The number of carbonyl (C=O) groups is 1. The highest BCUT2D eigenvalue weighted by Gasteiger charge is 2.27. The molecule has 1 fully saturated rings. The predicted octanol–water partition coefficient (Wildman–Crippen LogP) is 0.748. The lowest BCUT2D eigenvalue weighted by molar-refractivity contribution is 0.0958. The molecule has 0 atom stereocenters. The van der Waals surface area contributed by atoms with Gasteiger partial charge in [0.15, 0.2) is 11.5 Å². The number of rotatable bonds is 5. The molecule has 3 rings (SSSR count). The zero-order chi connectivity index (χ0) is 17.8. The van der Waals surface area contributed by atoms with Crippen molar-refractivity contribution in [1.82, 2.24) is 20.5 Å². The number of anilines is 3. The van der Waals surface area contributed by atoms with Crippen molar-refractivity contribution in [3.05, 3.63) is 35.7 Å². The molecule has 0 radical (unpaired) electrons. The minimum absolute atomic E-state index is 0.191. The Morgan fingerprint density at radius 1 is 1.32 bits per heavy atom. The van der Waals surface area contributed by atoms with E-state index in [-0.39, 0.29) is 23.7 Å². The van der Waals surface area contributed by atoms with Crippen LogP contribution < -0.4 is 21.7 Å². The van der Waals surface area contributed by atoms with E-state index in [1.807, 2.05) is 6.07 Å². The average molecular weight is 338 g/mol. The normalized spacial score (nSPS) is 18.6. The first kappa shape index (κ1) is 16.6. The summed E-state index contributed by atoms with van der Waals surface area (Å²) in [6, 6.07) is 7.44. The van der Waals surface area contributed by atoms with Gasteiger partial charge in [0.2, 0.25) is 0 Å². The molecular formula is C16H18N8O. The quantitative estimate of drug-likeness (QED) is 0.625. The molecule has 2 heterocycles. The molecule has 5 N–H and O–H groups in total. The molecule has 0 aromatic carbocycles. The Hall–Kier alpha value is -3.25. The van der Waals surface area contributed by atoms with Gasteiger partial charge in [0.05, 0.1) is 11.3 Å². The van der Waals surface area contributed by atoms with E-state index < -0.39 is 0 Å². The van der Waals surface area contributed by atoms with E-state index in [0.717, 1.165) is 12.8 Å². The summed E-state index contributed by atoms with van der Waals surface area (Å²) in [5, 5.41) is 25.7. The number of pyridine rings is 1. The van der Waals surface area contributed by atoms with Gasteiger partial charge < -0.3 is 21.7 Å². The highest BCUT2D eigenvalue weighted by molar-refractivity contribution is 5.97. The predicted molar refractivity (Wildman–Crippen MR) is 92.3 cm³/mol. The fourth-order valence-electron chi connectivity index (χ4n) is 2.51. The van der Waals surface area contributed by atoms with E-state index in [2.05, 4.69) is 31.1 Å². The van der Waals surface area contributed by atoms with Crippen molar-refractivity contribution in [2.75, 3.05) is 17.7 Å². The van der Waals surface area contributed by atoms with Crippen LogP contribution in [0.3, 0.4) is 0 Å². The first-order chi connectivity index (χ1) is 12.1. The molecule has 0 unspecified atom stereocenters. The first-order valence-electron chi connectivity index (χ1n) is 7.84. The van der Waals surface area contributed by atoms with Crippen LogP contribution in [-0.2, 0) is 0 Å². The molecule has 128 valence electrons. The summed E-state index contributed by atoms with van der Waals surface area (Å²) in [4.78, 5) is 16.1. The fraction of sp³-hybridized carbons (Fsp3) is 0.312. The largest absolute Gasteiger partial charge is 0.380 e. The van der Waals surface area contributed by atoms with Gasteiger partial charge in [-0.2, -0.15) is 5.26 Å². The molecule has 0 aliphatic heterocycles. The second kappa shape index (κ2) is 7.11. The summed E-state index contributed by atoms with van der Waals surface area (Å²) < 4.78 is 0. The summed E-state index contributed by atoms with van der Waals surface area (Å²) in [5.41, 5.74) is 7.09. The van der Waals surface area contributed by atoms with Gasteiger partial charge in [0.25, 0.3) is 5.91 Å². The van der Waals surface area contributed by atoms with Crippen LogP contribution in [0.25, 0.3) is 0 Å². The van der Waals surface area contributed by atoms with Crippen molar-refractivity contribution in [1.29, 1.82) is 5.26 Å². The Kier molecular flexibility index (Phi) is 4.72. The molecule has 0 saturated heterocycles. The molecule has 2 aromatic rings. The molecule has 1 aliphatic carbocycles. The standard InChI is InChI=1S/C16H18N8O/c1-19-16(25)15-12(21-11-4-10(18)5-11)6-14(23-24-15)22-13-3-2-9(7-17)8-20-13/h2-3,6,8,10-11H,4-5,18H2,1H3,(H,19,25)(H2,20,21,22,23). The number of hydrogen-bond donors (Lipinski definition) is 4. The van der Waals surface area contributed by atoms with E-state index in [9.17, 15) is 4.79 Å². The lowest BCUT2D eigenvalue weighted by Gasteiger charge is -2.34. The Morgan fingerprint density at radius 3 is 2.72 bits per heavy atom. The van der Waals surface area contributed by atoms with Gasteiger partial charge in [-0.3, -0.25) is 4.79 Å². The van der Waals surface area contributed by atoms with Crippen molar-refractivity contribution in [2.45, 2.75) is 24.9 Å². The molecule has 9 nitrogen and oxygen atoms in total. The summed E-state index contributed by atoms with van der Waals surface area (Å²) in [6.45, 7) is 0. The van der Waals surface area contributed by atoms with Crippen molar-refractivity contribution in [2.24, 2.45) is 5.73 Å². The average Bonchev–Trinajstić information content (AvgIpc) is 2.61. The van der Waals surface area contributed by atoms with Crippen LogP contribution in [0.4, 0.5) is 17.3 Å². The maximum absolute atomic E-state index is 12.0. The van der Waals surface area contributed by atoms with Gasteiger partial charge in [-0.15, -0.1) is 10.2 Å². The Balaban J connectivity index is 1.81. The number of amides is 1. The van der Waals surface area contributed by atoms with Crippen molar-refractivity contribution >= 4 is 23.2 Å². The molecule has 25 heavy (non-hydrogen) atoms. The monoisotopic (exact) mass is 338 g/mol. The number of hydrogen-bond acceptors (Lipinski definition) is 8. The number of nitriles is 1. The smallest absolute Gasteiger partial charge is 0.273 e. The molecule has 9 heteroatoms. The summed E-state index contributed by atoms with van der Waals surface area (Å²) in [6.07, 6.45) is 3.15. The third-order valence-corrected chi connectivity index (χ3v) is 3.92. The molecule has 1 amide bonds. The minimum Gasteiger partial charge on any atom is -0.380 e. The molecule has 0 spiro atoms. The van der Waals surface area contributed by atoms with Gasteiger partial charge in [-0.05, 0) is 25.0 Å². The molecule has 2 aromatic heterocycles. The molecule has 1 saturated carbocycles. The van der Waals surface area contributed by atoms with Crippen LogP contribution in [0.2, 0.25) is 0 Å². The fourth-order valence-corrected chi connectivity index (χ4v) is 2.51. The third-order valence-electron chi connectivity index (χ3n) is 3.92. The van der Waals surface area contributed by atoms with E-state index in [1.54, 1.807) is 25.2 Å². The van der Waals surface area contributed by atoms with Gasteiger partial charge in [0, 0.05) is 31.4 Å². The van der Waals surface area contributed by atoms with Crippen LogP contribution >= 0.6 is 0 Å². The van der Waals surface area contributed by atoms with Crippen LogP contribution in [0.15, 0.2) is 24.4 Å². The Bertz CT molecular complexity index is 808. The number of aromatic nitrogens is 3. The summed E-state index contributed by atoms with van der Waals surface area (Å²) in [5.74, 6) is 0.648. The van der Waals surface area contributed by atoms with Gasteiger partial charge >= 0.3 is 0 Å². The zero-order valence-electron chi connectivity index (χ0n) is 13.7. The van der Waals surface area contributed by atoms with E-state index in [1.165, 1.54) is 6.20 Å². The summed E-state index contributed by atoms with van der Waals surface area (Å²) in [7, 11) is 1.54. The van der Waals surface area contributed by atoms with Gasteiger partial charge in [-0.1, -0.05) is 0 Å². The maximum atomic E-state index is 12.0. The summed E-state index contributed by atoms with van der Waals surface area (Å²) >= 11 is 0. The lowest BCUT2D eigenvalue weighted by atomic mass is 9.87. The zero-order valence-corrected chi connectivity index (χ0v) is 13.7. The van der Waals surface area contributed by atoms with E-state index in [0.29, 0.717) is 22.9 Å². The van der Waals surface area contributed by atoms with Gasteiger partial charge in [-0.25, -0.2) is 4.98 Å². The van der Waals surface area contributed by atoms with Crippen molar-refractivity contribution in [3.63, 3.8) is 0 Å². The lowest BCUT2D eigenvalue weighted by Crippen LogP contribution is -2.44. The van der Waals surface area contributed by atoms with Crippen molar-refractivity contribution < 1.29 is 4.79 Å². The minimum atomic E-state index is -0.318. The van der Waals surface area contributed by atoms with Crippen LogP contribution in [0.1, 0.15) is 28.9 Å². The highest BCUT2D eigenvalue weighted by atomic mass is 16.1. The number of carbonyl (C=O) groups excluding carboxylic acids is 1. The second-order valence-electron chi connectivity index (χ2n) is 5.81. The Labute approximate surface area is 144 Å². The first-order valence-corrected chi connectivity index (χ1v) is 7.84. The molecular weight excluding hydrogens is 320 g/mol. The van der Waals surface area contributed by atoms with Crippen LogP contribution in [-0.4, -0.2) is 40.2 Å². The second-order valence-corrected chi connectivity index (χ2v) is 5.81. The SMILES string of the molecule is CNC(=O)c1nnc(Nc2ccc(C#N)cn2)cc1NC1CC(N)C1. The molecule has 1 aliphatic rings. The van der Waals surface area contributed by atoms with Crippen molar-refractivity contribution in [3.8, 4) is 6.07 Å². The topological polar surface area (TPSA) is 142 Å². The number of nitrogens with zero attached hydrogens (tertiary/aromatic N) is 4. The highest BCUT2D eigenvalue weighted by Crippen LogP contribution is 2.26. The molecule has 0 bridgehead atoms. The van der Waals surface area contributed by atoms with E-state index >= 15 is 0 Å². The Morgan fingerprint density at radius 2 is 2.12 bits per heavy atom. The van der Waals surface area contributed by atoms with Crippen LogP contribution in [0, 0.1) is 11.3 Å². The number of nitrogens with two attached hydrogens (primary N) is 1. The number of nitrogens with one attached hydrogen (secondary N) is 3. The third kappa shape index (κ3) is 3.81. The van der Waals surface area contributed by atoms with E-state index in [4.69, 9.17) is 11.0 Å². The maximum Gasteiger partial charge on any atom is 0.273 e. The van der Waals surface area contributed by atoms with Crippen LogP contribution in [0.5, 0.6) is 0 Å².